The van der Waals surface area contributed by atoms with Crippen LogP contribution in [0.15, 0.2) is 11.4 Å². The van der Waals surface area contributed by atoms with Gasteiger partial charge in [0.25, 0.3) is 0 Å². The van der Waals surface area contributed by atoms with Crippen molar-refractivity contribution in [2.24, 2.45) is 5.41 Å². The number of thiophene rings is 1. The Balaban J connectivity index is 2.79. The Kier molecular flexibility index (Phi) is 5.91. The smallest absolute Gasteiger partial charge is 0.0528 e. The standard InChI is InChI=1S/C16H25NS/c1-6-13-10-12-18-15(13)14(17-7-2)9-8-11-16(3,4)5/h10,12,14,17H,6-7,9H2,1-5H3. The van der Waals surface area contributed by atoms with Crippen LogP contribution < -0.4 is 5.32 Å². The van der Waals surface area contributed by atoms with E-state index in [0.717, 1.165) is 19.4 Å². The predicted octanol–water partition coefficient (Wildman–Crippen LogP) is 4.40. The van der Waals surface area contributed by atoms with Crippen LogP contribution in [0, 0.1) is 17.3 Å². The average molecular weight is 263 g/mol. The van der Waals surface area contributed by atoms with E-state index in [1.165, 1.54) is 10.4 Å². The van der Waals surface area contributed by atoms with Gasteiger partial charge < -0.3 is 5.32 Å². The van der Waals surface area contributed by atoms with Gasteiger partial charge in [-0.25, -0.2) is 0 Å². The molecule has 1 rings (SSSR count). The molecule has 0 radical (unpaired) electrons. The van der Waals surface area contributed by atoms with Crippen molar-refractivity contribution < 1.29 is 0 Å². The highest BCUT2D eigenvalue weighted by atomic mass is 32.1. The molecule has 0 aliphatic heterocycles. The van der Waals surface area contributed by atoms with Gasteiger partial charge in [-0.2, -0.15) is 0 Å². The van der Waals surface area contributed by atoms with Gasteiger partial charge in [-0.3, -0.25) is 0 Å². The van der Waals surface area contributed by atoms with Gasteiger partial charge in [-0.05, 0) is 50.7 Å². The summed E-state index contributed by atoms with van der Waals surface area (Å²) in [5.41, 5.74) is 1.56. The number of nitrogens with one attached hydrogen (secondary N) is 1. The second-order valence-electron chi connectivity index (χ2n) is 5.53. The first-order valence-corrected chi connectivity index (χ1v) is 7.65. The maximum Gasteiger partial charge on any atom is 0.0528 e. The summed E-state index contributed by atoms with van der Waals surface area (Å²) in [6.45, 7) is 11.8. The van der Waals surface area contributed by atoms with Crippen molar-refractivity contribution in [3.63, 3.8) is 0 Å². The first-order valence-electron chi connectivity index (χ1n) is 6.77. The topological polar surface area (TPSA) is 12.0 Å². The van der Waals surface area contributed by atoms with Crippen LogP contribution in [0.25, 0.3) is 0 Å². The molecule has 2 heteroatoms. The fourth-order valence-electron chi connectivity index (χ4n) is 1.87. The first kappa shape index (κ1) is 15.3. The Morgan fingerprint density at radius 3 is 2.61 bits per heavy atom. The van der Waals surface area contributed by atoms with Crippen molar-refractivity contribution in [3.8, 4) is 11.8 Å². The van der Waals surface area contributed by atoms with Gasteiger partial charge in [0.1, 0.15) is 0 Å². The minimum atomic E-state index is 0.0970. The molecule has 0 aliphatic rings. The SMILES string of the molecule is CCNC(CC#CC(C)(C)C)c1sccc1CC. The zero-order valence-corrected chi connectivity index (χ0v) is 13.1. The average Bonchev–Trinajstić information content (AvgIpc) is 2.74. The van der Waals surface area contributed by atoms with Crippen molar-refractivity contribution in [2.75, 3.05) is 6.54 Å². The van der Waals surface area contributed by atoms with E-state index >= 15 is 0 Å². The Morgan fingerprint density at radius 1 is 1.33 bits per heavy atom. The van der Waals surface area contributed by atoms with E-state index in [9.17, 15) is 0 Å². The molecule has 0 fully saturated rings. The third-order valence-corrected chi connectivity index (χ3v) is 3.77. The van der Waals surface area contributed by atoms with E-state index in [2.05, 4.69) is 63.2 Å². The van der Waals surface area contributed by atoms with Crippen molar-refractivity contribution in [3.05, 3.63) is 21.9 Å². The lowest BCUT2D eigenvalue weighted by molar-refractivity contribution is 0.557. The Morgan fingerprint density at radius 2 is 2.06 bits per heavy atom. The number of hydrogen-bond donors (Lipinski definition) is 1. The molecular formula is C16H25NS. The molecule has 1 unspecified atom stereocenters. The molecule has 1 N–H and O–H groups in total. The maximum absolute atomic E-state index is 3.55. The summed E-state index contributed by atoms with van der Waals surface area (Å²) >= 11 is 1.85. The highest BCUT2D eigenvalue weighted by molar-refractivity contribution is 7.10. The monoisotopic (exact) mass is 263 g/mol. The molecule has 1 atom stereocenters. The molecule has 0 saturated carbocycles. The van der Waals surface area contributed by atoms with Crippen LogP contribution in [0.5, 0.6) is 0 Å². The molecule has 100 valence electrons. The maximum atomic E-state index is 3.55. The van der Waals surface area contributed by atoms with Gasteiger partial charge in [-0.15, -0.1) is 17.3 Å². The lowest BCUT2D eigenvalue weighted by Gasteiger charge is -2.16. The molecule has 18 heavy (non-hydrogen) atoms. The van der Waals surface area contributed by atoms with Crippen molar-refractivity contribution in [2.45, 2.75) is 53.5 Å². The summed E-state index contributed by atoms with van der Waals surface area (Å²) in [4.78, 5) is 1.46. The molecule has 0 saturated heterocycles. The molecule has 1 heterocycles. The molecule has 1 aromatic rings. The normalized spacial score (nSPS) is 12.9. The van der Waals surface area contributed by atoms with Crippen LogP contribution in [0.4, 0.5) is 0 Å². The zero-order valence-electron chi connectivity index (χ0n) is 12.3. The molecular weight excluding hydrogens is 238 g/mol. The third-order valence-electron chi connectivity index (χ3n) is 2.70. The lowest BCUT2D eigenvalue weighted by Crippen LogP contribution is -2.20. The molecule has 0 spiro atoms. The van der Waals surface area contributed by atoms with Gasteiger partial charge in [0, 0.05) is 16.7 Å². The van der Waals surface area contributed by atoms with Crippen molar-refractivity contribution in [1.29, 1.82) is 0 Å². The van der Waals surface area contributed by atoms with E-state index in [0.29, 0.717) is 6.04 Å². The largest absolute Gasteiger partial charge is 0.309 e. The van der Waals surface area contributed by atoms with E-state index in [1.807, 2.05) is 11.3 Å². The minimum absolute atomic E-state index is 0.0970. The Labute approximate surface area is 116 Å². The zero-order chi connectivity index (χ0) is 13.6. The summed E-state index contributed by atoms with van der Waals surface area (Å²) in [5, 5.41) is 5.74. The van der Waals surface area contributed by atoms with Crippen LogP contribution in [-0.4, -0.2) is 6.54 Å². The quantitative estimate of drug-likeness (QED) is 0.776. The summed E-state index contributed by atoms with van der Waals surface area (Å²) in [7, 11) is 0. The van der Waals surface area contributed by atoms with Gasteiger partial charge in [0.05, 0.1) is 6.04 Å². The summed E-state index contributed by atoms with van der Waals surface area (Å²) < 4.78 is 0. The van der Waals surface area contributed by atoms with E-state index in [4.69, 9.17) is 0 Å². The molecule has 0 aliphatic carbocycles. The van der Waals surface area contributed by atoms with E-state index < -0.39 is 0 Å². The van der Waals surface area contributed by atoms with Gasteiger partial charge in [0.15, 0.2) is 0 Å². The minimum Gasteiger partial charge on any atom is -0.309 e. The number of aryl methyl sites for hydroxylation is 1. The Bertz CT molecular complexity index is 414. The lowest BCUT2D eigenvalue weighted by atomic mass is 9.97. The van der Waals surface area contributed by atoms with E-state index in [-0.39, 0.29) is 5.41 Å². The number of rotatable bonds is 5. The van der Waals surface area contributed by atoms with Crippen LogP contribution in [0.3, 0.4) is 0 Å². The van der Waals surface area contributed by atoms with Crippen molar-refractivity contribution in [1.82, 2.24) is 5.32 Å². The summed E-state index contributed by atoms with van der Waals surface area (Å²) in [6, 6.07) is 2.63. The van der Waals surface area contributed by atoms with Crippen LogP contribution in [0.2, 0.25) is 0 Å². The van der Waals surface area contributed by atoms with Gasteiger partial charge in [-0.1, -0.05) is 19.8 Å². The molecule has 1 aromatic heterocycles. The molecule has 0 aromatic carbocycles. The highest BCUT2D eigenvalue weighted by Gasteiger charge is 2.14. The number of hydrogen-bond acceptors (Lipinski definition) is 2. The van der Waals surface area contributed by atoms with Crippen LogP contribution in [-0.2, 0) is 6.42 Å². The third kappa shape index (κ3) is 4.84. The van der Waals surface area contributed by atoms with Crippen LogP contribution >= 0.6 is 11.3 Å². The highest BCUT2D eigenvalue weighted by Crippen LogP contribution is 2.27. The Hall–Kier alpha value is -0.780. The molecule has 0 amide bonds. The first-order chi connectivity index (χ1) is 8.48. The van der Waals surface area contributed by atoms with Gasteiger partial charge in [0.2, 0.25) is 0 Å². The molecule has 1 nitrogen and oxygen atoms in total. The van der Waals surface area contributed by atoms with Gasteiger partial charge >= 0.3 is 0 Å². The summed E-state index contributed by atoms with van der Waals surface area (Å²) in [6.07, 6.45) is 2.01. The summed E-state index contributed by atoms with van der Waals surface area (Å²) in [5.74, 6) is 6.67. The predicted molar refractivity (Wildman–Crippen MR) is 82.0 cm³/mol. The second-order valence-corrected chi connectivity index (χ2v) is 6.48. The van der Waals surface area contributed by atoms with E-state index in [1.54, 1.807) is 0 Å². The fraction of sp³-hybridized carbons (Fsp3) is 0.625. The van der Waals surface area contributed by atoms with Crippen molar-refractivity contribution >= 4 is 11.3 Å². The van der Waals surface area contributed by atoms with Crippen LogP contribution in [0.1, 0.15) is 57.5 Å². The fourth-order valence-corrected chi connectivity index (χ4v) is 2.94. The second kappa shape index (κ2) is 6.97. The molecule has 0 bridgehead atoms.